The number of carboxylic acid groups (broad SMARTS) is 1. The first-order valence-corrected chi connectivity index (χ1v) is 5.02. The van der Waals surface area contributed by atoms with Crippen LogP contribution in [0.25, 0.3) is 6.08 Å². The lowest BCUT2D eigenvalue weighted by Gasteiger charge is -2.02. The molecule has 0 atom stereocenters. The summed E-state index contributed by atoms with van der Waals surface area (Å²) in [4.78, 5) is 21.2. The van der Waals surface area contributed by atoms with Crippen molar-refractivity contribution in [2.24, 2.45) is 0 Å². The molecule has 0 fully saturated rings. The third-order valence-electron chi connectivity index (χ3n) is 1.73. The molecule has 1 amide bonds. The molecule has 84 valence electrons. The van der Waals surface area contributed by atoms with Gasteiger partial charge in [-0.05, 0) is 23.8 Å². The van der Waals surface area contributed by atoms with Crippen molar-refractivity contribution in [3.8, 4) is 0 Å². The average molecular weight is 240 g/mol. The molecule has 5 heteroatoms. The molecule has 0 radical (unpaired) electrons. The first-order chi connectivity index (χ1) is 7.61. The van der Waals surface area contributed by atoms with E-state index >= 15 is 0 Å². The molecule has 2 N–H and O–H groups in total. The number of alkyl halides is 1. The molecule has 0 heterocycles. The van der Waals surface area contributed by atoms with Crippen LogP contribution in [0.1, 0.15) is 5.56 Å². The summed E-state index contributed by atoms with van der Waals surface area (Å²) in [5.74, 6) is -1.38. The fourth-order valence-corrected chi connectivity index (χ4v) is 1.11. The maximum absolute atomic E-state index is 10.9. The van der Waals surface area contributed by atoms with E-state index in [1.165, 1.54) is 6.08 Å². The van der Waals surface area contributed by atoms with E-state index in [4.69, 9.17) is 16.7 Å². The zero-order chi connectivity index (χ0) is 12.0. The summed E-state index contributed by atoms with van der Waals surface area (Å²) in [6, 6.07) is 6.74. The normalized spacial score (nSPS) is 10.3. The van der Waals surface area contributed by atoms with E-state index in [1.807, 2.05) is 0 Å². The highest BCUT2D eigenvalue weighted by molar-refractivity contribution is 6.29. The van der Waals surface area contributed by atoms with Gasteiger partial charge in [0.15, 0.2) is 0 Å². The number of carbonyl (C=O) groups is 2. The number of amides is 1. The van der Waals surface area contributed by atoms with Gasteiger partial charge in [0.2, 0.25) is 5.91 Å². The van der Waals surface area contributed by atoms with Crippen molar-refractivity contribution in [2.45, 2.75) is 0 Å². The number of hydrogen-bond acceptors (Lipinski definition) is 2. The number of carbonyl (C=O) groups excluding carboxylic acids is 1. The lowest BCUT2D eigenvalue weighted by Crippen LogP contribution is -2.12. The van der Waals surface area contributed by atoms with Crippen molar-refractivity contribution in [3.05, 3.63) is 35.9 Å². The molecule has 0 saturated heterocycles. The molecule has 0 aliphatic rings. The summed E-state index contributed by atoms with van der Waals surface area (Å²) >= 11 is 5.33. The molecule has 1 rings (SSSR count). The van der Waals surface area contributed by atoms with Crippen molar-refractivity contribution in [1.29, 1.82) is 0 Å². The predicted molar refractivity (Wildman–Crippen MR) is 62.5 cm³/mol. The third kappa shape index (κ3) is 4.14. The minimum Gasteiger partial charge on any atom is -0.478 e. The lowest BCUT2D eigenvalue weighted by atomic mass is 10.2. The van der Waals surface area contributed by atoms with Crippen molar-refractivity contribution in [1.82, 2.24) is 0 Å². The number of benzene rings is 1. The number of hydrogen-bond donors (Lipinski definition) is 2. The highest BCUT2D eigenvalue weighted by atomic mass is 35.5. The third-order valence-corrected chi connectivity index (χ3v) is 1.98. The Kier molecular flexibility index (Phi) is 4.54. The number of aliphatic carboxylic acids is 1. The van der Waals surface area contributed by atoms with E-state index in [0.717, 1.165) is 11.6 Å². The number of rotatable bonds is 4. The quantitative estimate of drug-likeness (QED) is 0.624. The van der Waals surface area contributed by atoms with E-state index in [-0.39, 0.29) is 11.8 Å². The number of halogens is 1. The fraction of sp³-hybridized carbons (Fsp3) is 0.0909. The second-order valence-corrected chi connectivity index (χ2v) is 3.24. The highest BCUT2D eigenvalue weighted by Crippen LogP contribution is 2.10. The van der Waals surface area contributed by atoms with E-state index < -0.39 is 5.97 Å². The summed E-state index contributed by atoms with van der Waals surface area (Å²) in [5.41, 5.74) is 1.37. The molecule has 0 bridgehead atoms. The summed E-state index contributed by atoms with van der Waals surface area (Å²) < 4.78 is 0. The van der Waals surface area contributed by atoms with Crippen LogP contribution in [0.4, 0.5) is 5.69 Å². The smallest absolute Gasteiger partial charge is 0.328 e. The van der Waals surface area contributed by atoms with Crippen LogP contribution in [-0.2, 0) is 9.59 Å². The molecule has 16 heavy (non-hydrogen) atoms. The van der Waals surface area contributed by atoms with Crippen LogP contribution in [0.2, 0.25) is 0 Å². The van der Waals surface area contributed by atoms with Gasteiger partial charge in [0.1, 0.15) is 5.88 Å². The first kappa shape index (κ1) is 12.3. The Bertz CT molecular complexity index is 412. The van der Waals surface area contributed by atoms with E-state index in [0.29, 0.717) is 5.69 Å². The van der Waals surface area contributed by atoms with Gasteiger partial charge in [0.25, 0.3) is 0 Å². The molecule has 0 aliphatic heterocycles. The van der Waals surface area contributed by atoms with E-state index in [9.17, 15) is 9.59 Å². The standard InChI is InChI=1S/C11H10ClNO3/c12-7-10(14)13-9-4-1-8(2-5-9)3-6-11(15)16/h1-6H,7H2,(H,13,14)(H,15,16). The van der Waals surface area contributed by atoms with Gasteiger partial charge >= 0.3 is 5.97 Å². The Morgan fingerprint density at radius 1 is 1.31 bits per heavy atom. The lowest BCUT2D eigenvalue weighted by molar-refractivity contribution is -0.131. The summed E-state index contributed by atoms with van der Waals surface area (Å²) in [6.07, 6.45) is 2.52. The van der Waals surface area contributed by atoms with Crippen molar-refractivity contribution < 1.29 is 14.7 Å². The summed E-state index contributed by atoms with van der Waals surface area (Å²) in [7, 11) is 0. The van der Waals surface area contributed by atoms with Gasteiger partial charge in [-0.25, -0.2) is 4.79 Å². The van der Waals surface area contributed by atoms with Gasteiger partial charge in [-0.2, -0.15) is 0 Å². The number of nitrogens with one attached hydrogen (secondary N) is 1. The zero-order valence-corrected chi connectivity index (χ0v) is 9.07. The van der Waals surface area contributed by atoms with Crippen LogP contribution in [-0.4, -0.2) is 22.9 Å². The fourth-order valence-electron chi connectivity index (χ4n) is 1.04. The van der Waals surface area contributed by atoms with Gasteiger partial charge in [-0.15, -0.1) is 11.6 Å². The highest BCUT2D eigenvalue weighted by Gasteiger charge is 1.98. The zero-order valence-electron chi connectivity index (χ0n) is 8.31. The number of carboxylic acids is 1. The molecular formula is C11H10ClNO3. The van der Waals surface area contributed by atoms with Gasteiger partial charge in [0.05, 0.1) is 0 Å². The molecule has 0 aliphatic carbocycles. The Balaban J connectivity index is 2.68. The SMILES string of the molecule is O=C(O)C=Cc1ccc(NC(=O)CCl)cc1. The predicted octanol–water partition coefficient (Wildman–Crippen LogP) is 1.96. The van der Waals surface area contributed by atoms with Crippen molar-refractivity contribution in [2.75, 3.05) is 11.2 Å². The first-order valence-electron chi connectivity index (χ1n) is 4.48. The molecule has 0 spiro atoms. The molecule has 0 saturated carbocycles. The Morgan fingerprint density at radius 3 is 2.44 bits per heavy atom. The average Bonchev–Trinajstić information content (AvgIpc) is 2.28. The van der Waals surface area contributed by atoms with Crippen LogP contribution < -0.4 is 5.32 Å². The molecule has 1 aromatic carbocycles. The Hall–Kier alpha value is -1.81. The van der Waals surface area contributed by atoms with E-state index in [2.05, 4.69) is 5.32 Å². The van der Waals surface area contributed by atoms with Crippen LogP contribution in [0, 0.1) is 0 Å². The van der Waals surface area contributed by atoms with Crippen molar-refractivity contribution >= 4 is 35.2 Å². The molecule has 4 nitrogen and oxygen atoms in total. The summed E-state index contributed by atoms with van der Waals surface area (Å²) in [5, 5.41) is 11.0. The van der Waals surface area contributed by atoms with Crippen molar-refractivity contribution in [3.63, 3.8) is 0 Å². The maximum atomic E-state index is 10.9. The minimum absolute atomic E-state index is 0.0966. The minimum atomic E-state index is -1.00. The second kappa shape index (κ2) is 5.92. The second-order valence-electron chi connectivity index (χ2n) is 2.98. The van der Waals surface area contributed by atoms with Crippen LogP contribution in [0.5, 0.6) is 0 Å². The summed E-state index contributed by atoms with van der Waals surface area (Å²) in [6.45, 7) is 0. The maximum Gasteiger partial charge on any atom is 0.328 e. The van der Waals surface area contributed by atoms with Crippen LogP contribution >= 0.6 is 11.6 Å². The Labute approximate surface area is 97.5 Å². The Morgan fingerprint density at radius 2 is 1.94 bits per heavy atom. The van der Waals surface area contributed by atoms with Crippen LogP contribution in [0.3, 0.4) is 0 Å². The van der Waals surface area contributed by atoms with Gasteiger partial charge in [-0.1, -0.05) is 12.1 Å². The van der Waals surface area contributed by atoms with Gasteiger partial charge in [0, 0.05) is 11.8 Å². The number of anilines is 1. The topological polar surface area (TPSA) is 66.4 Å². The van der Waals surface area contributed by atoms with Crippen LogP contribution in [0.15, 0.2) is 30.3 Å². The monoisotopic (exact) mass is 239 g/mol. The largest absolute Gasteiger partial charge is 0.478 e. The van der Waals surface area contributed by atoms with Gasteiger partial charge in [-0.3, -0.25) is 4.79 Å². The van der Waals surface area contributed by atoms with E-state index in [1.54, 1.807) is 24.3 Å². The molecule has 0 unspecified atom stereocenters. The van der Waals surface area contributed by atoms with Gasteiger partial charge < -0.3 is 10.4 Å². The molecule has 0 aromatic heterocycles. The molecule has 1 aromatic rings. The molecular weight excluding hydrogens is 230 g/mol.